The van der Waals surface area contributed by atoms with Crippen LogP contribution < -0.4 is 5.32 Å². The molecule has 0 aromatic heterocycles. The summed E-state index contributed by atoms with van der Waals surface area (Å²) in [5.41, 5.74) is 3.44. The normalized spacial score (nSPS) is 42.1. The number of aromatic hydroxyl groups is 1. The van der Waals surface area contributed by atoms with E-state index in [1.807, 2.05) is 24.4 Å². The molecule has 3 nitrogen and oxygen atoms in total. The Hall–Kier alpha value is -1.61. The summed E-state index contributed by atoms with van der Waals surface area (Å²) < 4.78 is 0. The largest absolute Gasteiger partial charge is 0.507 e. The summed E-state index contributed by atoms with van der Waals surface area (Å²) in [6, 6.07) is 8.51. The Morgan fingerprint density at radius 2 is 1.91 bits per heavy atom. The second-order valence-corrected chi connectivity index (χ2v) is 11.8. The van der Waals surface area contributed by atoms with Crippen LogP contribution in [0.4, 0.5) is 0 Å². The fourth-order valence-electron chi connectivity index (χ4n) is 8.64. The maximum Gasteiger partial charge on any atom is 0.124 e. The van der Waals surface area contributed by atoms with E-state index in [4.69, 9.17) is 4.99 Å². The first-order valence-electron chi connectivity index (χ1n) is 13.0. The molecule has 3 heteroatoms. The topological polar surface area (TPSA) is 44.6 Å². The van der Waals surface area contributed by atoms with Gasteiger partial charge in [0, 0.05) is 17.8 Å². The summed E-state index contributed by atoms with van der Waals surface area (Å²) in [5.74, 6) is 3.54. The van der Waals surface area contributed by atoms with Gasteiger partial charge in [0.05, 0.1) is 6.04 Å². The number of hydrogen-bond acceptors (Lipinski definition) is 3. The molecule has 0 aliphatic heterocycles. The van der Waals surface area contributed by atoms with Crippen molar-refractivity contribution in [2.45, 2.75) is 84.2 Å². The number of nitrogens with one attached hydrogen (secondary N) is 1. The van der Waals surface area contributed by atoms with Gasteiger partial charge in [-0.3, -0.25) is 4.99 Å². The van der Waals surface area contributed by atoms with Crippen molar-refractivity contribution in [2.75, 3.05) is 7.05 Å². The van der Waals surface area contributed by atoms with Crippen molar-refractivity contribution in [3.63, 3.8) is 0 Å². The summed E-state index contributed by atoms with van der Waals surface area (Å²) in [6.07, 6.45) is 15.3. The summed E-state index contributed by atoms with van der Waals surface area (Å²) in [4.78, 5) is 4.97. The molecule has 0 bridgehead atoms. The second kappa shape index (κ2) is 8.31. The van der Waals surface area contributed by atoms with Gasteiger partial charge in [0.25, 0.3) is 0 Å². The number of hydrogen-bond donors (Lipinski definition) is 2. The van der Waals surface area contributed by atoms with Crippen molar-refractivity contribution < 1.29 is 5.11 Å². The third kappa shape index (κ3) is 3.47. The highest BCUT2D eigenvalue weighted by atomic mass is 16.3. The van der Waals surface area contributed by atoms with Crippen LogP contribution in [-0.4, -0.2) is 30.5 Å². The molecule has 4 aliphatic carbocycles. The minimum atomic E-state index is 0.303. The fraction of sp³-hybridized carbons (Fsp3) is 0.690. The van der Waals surface area contributed by atoms with Crippen molar-refractivity contribution in [2.24, 2.45) is 39.5 Å². The molecule has 0 saturated heterocycles. The van der Waals surface area contributed by atoms with Gasteiger partial charge in [-0.2, -0.15) is 0 Å². The van der Waals surface area contributed by atoms with Crippen LogP contribution in [0.15, 0.2) is 40.9 Å². The van der Waals surface area contributed by atoms with Gasteiger partial charge in [-0.15, -0.1) is 0 Å². The van der Waals surface area contributed by atoms with Crippen LogP contribution >= 0.6 is 0 Å². The van der Waals surface area contributed by atoms with E-state index in [0.29, 0.717) is 34.6 Å². The van der Waals surface area contributed by atoms with Crippen molar-refractivity contribution in [3.8, 4) is 5.75 Å². The average molecular weight is 435 g/mol. The summed E-state index contributed by atoms with van der Waals surface area (Å²) in [6.45, 7) is 7.51. The van der Waals surface area contributed by atoms with Crippen LogP contribution in [0.3, 0.4) is 0 Å². The Balaban J connectivity index is 1.35. The number of aliphatic imine (C=N–C) groups is 1. The molecule has 0 amide bonds. The average Bonchev–Trinajstić information content (AvgIpc) is 3.15. The van der Waals surface area contributed by atoms with E-state index >= 15 is 0 Å². The Morgan fingerprint density at radius 3 is 2.69 bits per heavy atom. The Labute approximate surface area is 194 Å². The van der Waals surface area contributed by atoms with Gasteiger partial charge in [-0.25, -0.2) is 0 Å². The highest BCUT2D eigenvalue weighted by Gasteiger charge is 2.59. The third-order valence-corrected chi connectivity index (χ3v) is 10.6. The molecule has 1 aromatic rings. The molecule has 3 saturated carbocycles. The van der Waals surface area contributed by atoms with Gasteiger partial charge in [0.15, 0.2) is 0 Å². The number of benzene rings is 1. The molecule has 8 atom stereocenters. The van der Waals surface area contributed by atoms with Crippen molar-refractivity contribution >= 4 is 6.21 Å². The van der Waals surface area contributed by atoms with Crippen LogP contribution in [0.2, 0.25) is 0 Å². The number of para-hydroxylation sites is 1. The predicted molar refractivity (Wildman–Crippen MR) is 133 cm³/mol. The molecule has 0 radical (unpaired) electrons. The number of phenolic OH excluding ortho intramolecular Hbond substituents is 1. The zero-order chi connectivity index (χ0) is 22.5. The molecule has 1 unspecified atom stereocenters. The maximum absolute atomic E-state index is 10.1. The second-order valence-electron chi connectivity index (χ2n) is 11.8. The van der Waals surface area contributed by atoms with E-state index < -0.39 is 0 Å². The molecule has 3 fully saturated rings. The van der Waals surface area contributed by atoms with Crippen LogP contribution in [0.25, 0.3) is 0 Å². The third-order valence-electron chi connectivity index (χ3n) is 10.6. The molecule has 0 heterocycles. The minimum absolute atomic E-state index is 0.303. The van der Waals surface area contributed by atoms with E-state index in [-0.39, 0.29) is 0 Å². The first-order chi connectivity index (χ1) is 15.4. The number of nitrogens with zero attached hydrogens (tertiary/aromatic N) is 1. The molecule has 5 rings (SSSR count). The first-order valence-corrected chi connectivity index (χ1v) is 13.0. The molecule has 174 valence electrons. The standard InChI is InChI=1S/C29H42N2O/c1-19(31-18-20-7-5-6-8-27(20)32)24-11-12-25-23-10-9-21-17-22(30-4)13-15-28(21,2)26(23)14-16-29(24,25)3/h5-9,18-19,22-26,30,32H,10-17H2,1-4H3/t19?,22-,23-,24+,25-,26-,28-,29+/m0/s1. The van der Waals surface area contributed by atoms with Gasteiger partial charge >= 0.3 is 0 Å². The Kier molecular flexibility index (Phi) is 5.76. The molecule has 4 aliphatic rings. The molecule has 2 N–H and O–H groups in total. The van der Waals surface area contributed by atoms with E-state index in [0.717, 1.165) is 23.3 Å². The molecular weight excluding hydrogens is 392 g/mol. The van der Waals surface area contributed by atoms with Gasteiger partial charge < -0.3 is 10.4 Å². The van der Waals surface area contributed by atoms with Crippen molar-refractivity contribution in [1.29, 1.82) is 0 Å². The predicted octanol–water partition coefficient (Wildman–Crippen LogP) is 6.37. The molecular formula is C29H42N2O. The zero-order valence-electron chi connectivity index (χ0n) is 20.5. The van der Waals surface area contributed by atoms with Gasteiger partial charge in [-0.05, 0) is 112 Å². The van der Waals surface area contributed by atoms with Crippen LogP contribution in [0, 0.1) is 34.5 Å². The van der Waals surface area contributed by atoms with Gasteiger partial charge in [-0.1, -0.05) is 37.6 Å². The summed E-state index contributed by atoms with van der Waals surface area (Å²) >= 11 is 0. The lowest BCUT2D eigenvalue weighted by Gasteiger charge is -2.58. The first kappa shape index (κ1) is 22.2. The lowest BCUT2D eigenvalue weighted by atomic mass is 9.47. The van der Waals surface area contributed by atoms with Gasteiger partial charge in [0.2, 0.25) is 0 Å². The Morgan fingerprint density at radius 1 is 1.09 bits per heavy atom. The highest BCUT2D eigenvalue weighted by Crippen LogP contribution is 2.66. The van der Waals surface area contributed by atoms with E-state index in [1.54, 1.807) is 11.6 Å². The highest BCUT2D eigenvalue weighted by molar-refractivity contribution is 5.83. The quantitative estimate of drug-likeness (QED) is 0.427. The van der Waals surface area contributed by atoms with E-state index in [1.165, 1.54) is 51.4 Å². The SMILES string of the molecule is CN[C@H]1CC[C@@]2(C)C(=CC[C@H]3[C@@H]4CC[C@H](C(C)N=Cc5ccccc5O)[C@@]4(C)CC[C@@H]32)C1. The molecule has 1 aromatic carbocycles. The summed E-state index contributed by atoms with van der Waals surface area (Å²) in [5, 5.41) is 13.7. The lowest BCUT2D eigenvalue weighted by molar-refractivity contribution is -0.0452. The smallest absolute Gasteiger partial charge is 0.124 e. The Bertz CT molecular complexity index is 906. The number of allylic oxidation sites excluding steroid dienone is 1. The van der Waals surface area contributed by atoms with E-state index in [2.05, 4.69) is 39.2 Å². The van der Waals surface area contributed by atoms with E-state index in [9.17, 15) is 5.11 Å². The van der Waals surface area contributed by atoms with Crippen LogP contribution in [-0.2, 0) is 0 Å². The van der Waals surface area contributed by atoms with Gasteiger partial charge in [0.1, 0.15) is 5.75 Å². The van der Waals surface area contributed by atoms with Crippen LogP contribution in [0.5, 0.6) is 5.75 Å². The lowest BCUT2D eigenvalue weighted by Crippen LogP contribution is -2.51. The fourth-order valence-corrected chi connectivity index (χ4v) is 8.64. The molecule has 0 spiro atoms. The summed E-state index contributed by atoms with van der Waals surface area (Å²) in [7, 11) is 2.13. The zero-order valence-corrected chi connectivity index (χ0v) is 20.5. The number of fused-ring (bicyclic) bond motifs is 5. The minimum Gasteiger partial charge on any atom is -0.507 e. The van der Waals surface area contributed by atoms with Crippen LogP contribution in [0.1, 0.15) is 77.7 Å². The monoisotopic (exact) mass is 434 g/mol. The number of rotatable bonds is 4. The van der Waals surface area contributed by atoms with Crippen molar-refractivity contribution in [1.82, 2.24) is 5.32 Å². The maximum atomic E-state index is 10.1. The number of phenols is 1. The molecule has 32 heavy (non-hydrogen) atoms. The van der Waals surface area contributed by atoms with Crippen molar-refractivity contribution in [3.05, 3.63) is 41.5 Å².